The van der Waals surface area contributed by atoms with Crippen molar-refractivity contribution < 1.29 is 18.1 Å². The number of nitro groups is 1. The third-order valence-electron chi connectivity index (χ3n) is 2.90. The maximum absolute atomic E-state index is 12.0. The fourth-order valence-electron chi connectivity index (χ4n) is 1.76. The number of halogens is 1. The maximum Gasteiger partial charge on any atom is 0.313 e. The molecule has 0 atom stereocenters. The van der Waals surface area contributed by atoms with E-state index >= 15 is 0 Å². The second-order valence-electron chi connectivity index (χ2n) is 5.08. The number of rotatable bonds is 6. The minimum atomic E-state index is -3.84. The van der Waals surface area contributed by atoms with Crippen LogP contribution in [-0.2, 0) is 10.0 Å². The number of hydrogen-bond donors (Lipinski definition) is 0. The lowest BCUT2D eigenvalue weighted by Crippen LogP contribution is -2.10. The Morgan fingerprint density at radius 1 is 1.20 bits per heavy atom. The van der Waals surface area contributed by atoms with Crippen molar-refractivity contribution in [3.05, 3.63) is 57.6 Å². The largest absolute Gasteiger partial charge is 0.449 e. The molecule has 0 fully saturated rings. The van der Waals surface area contributed by atoms with Crippen molar-refractivity contribution in [2.24, 2.45) is 4.40 Å². The van der Waals surface area contributed by atoms with Crippen LogP contribution in [0, 0.1) is 10.1 Å². The molecule has 0 amide bonds. The van der Waals surface area contributed by atoms with Crippen LogP contribution < -0.4 is 4.74 Å². The maximum atomic E-state index is 12.0. The molecule has 0 spiro atoms. The van der Waals surface area contributed by atoms with E-state index in [-0.39, 0.29) is 27.1 Å². The van der Waals surface area contributed by atoms with Crippen molar-refractivity contribution in [1.82, 2.24) is 4.90 Å². The quantitative estimate of drug-likeness (QED) is 0.328. The Labute approximate surface area is 149 Å². The van der Waals surface area contributed by atoms with Gasteiger partial charge < -0.3 is 9.64 Å². The van der Waals surface area contributed by atoms with Gasteiger partial charge in [-0.1, -0.05) is 17.7 Å². The van der Waals surface area contributed by atoms with Crippen LogP contribution in [0.2, 0.25) is 5.02 Å². The van der Waals surface area contributed by atoms with Crippen molar-refractivity contribution in [2.75, 3.05) is 14.1 Å². The molecule has 0 unspecified atom stereocenters. The van der Waals surface area contributed by atoms with Gasteiger partial charge in [-0.05, 0) is 30.3 Å². The summed E-state index contributed by atoms with van der Waals surface area (Å²) in [6.07, 6.45) is 1.17. The predicted molar refractivity (Wildman–Crippen MR) is 94.0 cm³/mol. The van der Waals surface area contributed by atoms with Crippen LogP contribution in [-0.4, -0.2) is 38.7 Å². The Morgan fingerprint density at radius 3 is 2.40 bits per heavy atom. The van der Waals surface area contributed by atoms with E-state index in [9.17, 15) is 18.5 Å². The summed E-state index contributed by atoms with van der Waals surface area (Å²) in [4.78, 5) is 11.9. The van der Waals surface area contributed by atoms with Gasteiger partial charge >= 0.3 is 5.69 Å². The Bertz CT molecular complexity index is 911. The Morgan fingerprint density at radius 2 is 1.84 bits per heavy atom. The minimum Gasteiger partial charge on any atom is -0.449 e. The van der Waals surface area contributed by atoms with Crippen LogP contribution in [0.25, 0.3) is 0 Å². The van der Waals surface area contributed by atoms with Gasteiger partial charge in [0.05, 0.1) is 14.8 Å². The molecule has 2 rings (SSSR count). The van der Waals surface area contributed by atoms with Crippen molar-refractivity contribution in [1.29, 1.82) is 0 Å². The number of nitro benzene ring substituents is 1. The van der Waals surface area contributed by atoms with Gasteiger partial charge in [0, 0.05) is 20.2 Å². The van der Waals surface area contributed by atoms with Gasteiger partial charge in [-0.15, -0.1) is 4.40 Å². The Hall–Kier alpha value is -2.65. The number of hydrogen-bond acceptors (Lipinski definition) is 5. The molecule has 2 aromatic rings. The molecule has 25 heavy (non-hydrogen) atoms. The van der Waals surface area contributed by atoms with Crippen LogP contribution in [0.15, 0.2) is 51.8 Å². The molecule has 0 aliphatic carbocycles. The molecule has 0 N–H and O–H groups in total. The number of ether oxygens (including phenoxy) is 1. The zero-order valence-corrected chi connectivity index (χ0v) is 14.9. The first-order valence-electron chi connectivity index (χ1n) is 6.88. The molecule has 2 aromatic carbocycles. The highest BCUT2D eigenvalue weighted by atomic mass is 35.5. The highest BCUT2D eigenvalue weighted by molar-refractivity contribution is 7.90. The molecule has 10 heteroatoms. The standard InChI is InChI=1S/C15H14ClN3O5S/c1-18(2)10-17-25(22,23)12-8-6-11(7-9-12)24-15-13(16)4-3-5-14(15)19(20)21/h3-10H,1-2H3/b17-10+. The molecular weight excluding hydrogens is 370 g/mol. The van der Waals surface area contributed by atoms with Gasteiger partial charge in [0.25, 0.3) is 10.0 Å². The van der Waals surface area contributed by atoms with Gasteiger partial charge in [-0.3, -0.25) is 10.1 Å². The number of sulfonamides is 1. The fourth-order valence-corrected chi connectivity index (χ4v) is 2.88. The molecule has 0 aliphatic heterocycles. The van der Waals surface area contributed by atoms with E-state index in [0.717, 1.165) is 0 Å². The summed E-state index contributed by atoms with van der Waals surface area (Å²) in [6, 6.07) is 9.47. The molecule has 0 saturated heterocycles. The van der Waals surface area contributed by atoms with Crippen molar-refractivity contribution in [2.45, 2.75) is 4.90 Å². The summed E-state index contributed by atoms with van der Waals surface area (Å²) >= 11 is 5.95. The molecule has 132 valence electrons. The van der Waals surface area contributed by atoms with Crippen LogP contribution >= 0.6 is 11.6 Å². The second-order valence-corrected chi connectivity index (χ2v) is 7.12. The normalized spacial score (nSPS) is 11.5. The smallest absolute Gasteiger partial charge is 0.313 e. The van der Waals surface area contributed by atoms with Crippen LogP contribution in [0.3, 0.4) is 0 Å². The topological polar surface area (TPSA) is 102 Å². The SMILES string of the molecule is CN(C)/C=N/S(=O)(=O)c1ccc(Oc2c(Cl)cccc2[N+](=O)[O-])cc1. The molecule has 0 aliphatic rings. The monoisotopic (exact) mass is 383 g/mol. The van der Waals surface area contributed by atoms with E-state index in [4.69, 9.17) is 16.3 Å². The minimum absolute atomic E-state index is 0.0355. The van der Waals surface area contributed by atoms with Gasteiger partial charge in [-0.25, -0.2) is 0 Å². The van der Waals surface area contributed by atoms with Gasteiger partial charge in [0.2, 0.25) is 5.75 Å². The third-order valence-corrected chi connectivity index (χ3v) is 4.44. The number of nitrogens with zero attached hydrogens (tertiary/aromatic N) is 3. The first-order chi connectivity index (χ1) is 11.7. The van der Waals surface area contributed by atoms with Crippen molar-refractivity contribution in [3.63, 3.8) is 0 Å². The van der Waals surface area contributed by atoms with Crippen LogP contribution in [0.5, 0.6) is 11.5 Å². The predicted octanol–water partition coefficient (Wildman–Crippen LogP) is 3.32. The summed E-state index contributed by atoms with van der Waals surface area (Å²) in [7, 11) is -0.546. The zero-order chi connectivity index (χ0) is 18.6. The number of benzene rings is 2. The Balaban J connectivity index is 2.29. The number of para-hydroxylation sites is 1. The molecule has 0 aromatic heterocycles. The average Bonchev–Trinajstić information content (AvgIpc) is 2.55. The molecule has 0 radical (unpaired) electrons. The third kappa shape index (κ3) is 4.68. The van der Waals surface area contributed by atoms with Crippen molar-refractivity contribution in [3.8, 4) is 11.5 Å². The summed E-state index contributed by atoms with van der Waals surface area (Å²) in [5, 5.41) is 11.1. The lowest BCUT2D eigenvalue weighted by atomic mass is 10.3. The molecule has 8 nitrogen and oxygen atoms in total. The molecular formula is C15H14ClN3O5S. The second kappa shape index (κ2) is 7.49. The van der Waals surface area contributed by atoms with Crippen LogP contribution in [0.1, 0.15) is 0 Å². The van der Waals surface area contributed by atoms with E-state index < -0.39 is 14.9 Å². The fraction of sp³-hybridized carbons (Fsp3) is 0.133. The highest BCUT2D eigenvalue weighted by Gasteiger charge is 2.19. The molecule has 0 heterocycles. The van der Waals surface area contributed by atoms with E-state index in [2.05, 4.69) is 4.40 Å². The zero-order valence-electron chi connectivity index (χ0n) is 13.3. The lowest BCUT2D eigenvalue weighted by Gasteiger charge is -2.08. The average molecular weight is 384 g/mol. The summed E-state index contributed by atoms with van der Waals surface area (Å²) in [5.74, 6) is 0.0853. The van der Waals surface area contributed by atoms with E-state index in [1.165, 1.54) is 53.7 Å². The summed E-state index contributed by atoms with van der Waals surface area (Å²) < 4.78 is 33.0. The summed E-state index contributed by atoms with van der Waals surface area (Å²) in [6.45, 7) is 0. The van der Waals surface area contributed by atoms with Gasteiger partial charge in [-0.2, -0.15) is 8.42 Å². The van der Waals surface area contributed by atoms with Gasteiger partial charge in [0.15, 0.2) is 0 Å². The van der Waals surface area contributed by atoms with Crippen LogP contribution in [0.4, 0.5) is 5.69 Å². The van der Waals surface area contributed by atoms with Crippen molar-refractivity contribution >= 4 is 33.7 Å². The molecule has 0 saturated carbocycles. The first kappa shape index (κ1) is 18.7. The highest BCUT2D eigenvalue weighted by Crippen LogP contribution is 2.37. The van der Waals surface area contributed by atoms with E-state index in [1.54, 1.807) is 14.1 Å². The van der Waals surface area contributed by atoms with E-state index in [1.807, 2.05) is 0 Å². The first-order valence-corrected chi connectivity index (χ1v) is 8.70. The Kier molecular flexibility index (Phi) is 5.60. The van der Waals surface area contributed by atoms with Gasteiger partial charge in [0.1, 0.15) is 12.1 Å². The lowest BCUT2D eigenvalue weighted by molar-refractivity contribution is -0.385. The summed E-state index contributed by atoms with van der Waals surface area (Å²) in [5.41, 5.74) is -0.292. The molecule has 0 bridgehead atoms. The van der Waals surface area contributed by atoms with E-state index in [0.29, 0.717) is 0 Å².